The van der Waals surface area contributed by atoms with Gasteiger partial charge in [0.25, 0.3) is 5.91 Å². The van der Waals surface area contributed by atoms with Gasteiger partial charge in [0.1, 0.15) is 10.6 Å². The molecule has 2 aromatic carbocycles. The molecule has 0 radical (unpaired) electrons. The quantitative estimate of drug-likeness (QED) is 0.325. The largest absolute Gasteiger partial charge is 0.497 e. The highest BCUT2D eigenvalue weighted by Crippen LogP contribution is 2.29. The molecule has 0 aliphatic rings. The number of benzene rings is 2. The van der Waals surface area contributed by atoms with Gasteiger partial charge in [-0.1, -0.05) is 23.5 Å². The van der Waals surface area contributed by atoms with Crippen LogP contribution in [0.25, 0.3) is 32.4 Å². The van der Waals surface area contributed by atoms with Crippen molar-refractivity contribution in [3.05, 3.63) is 83.1 Å². The van der Waals surface area contributed by atoms with E-state index in [1.54, 1.807) is 18.4 Å². The number of nitrogens with zero attached hydrogens (tertiary/aromatic N) is 4. The summed E-state index contributed by atoms with van der Waals surface area (Å²) in [5, 5.41) is 5.03. The van der Waals surface area contributed by atoms with E-state index >= 15 is 0 Å². The van der Waals surface area contributed by atoms with E-state index in [0.29, 0.717) is 4.88 Å². The van der Waals surface area contributed by atoms with Crippen LogP contribution >= 0.6 is 22.7 Å². The number of rotatable bonds is 5. The number of imidazole rings is 2. The molecule has 0 bridgehead atoms. The van der Waals surface area contributed by atoms with E-state index in [-0.39, 0.29) is 5.91 Å². The summed E-state index contributed by atoms with van der Waals surface area (Å²) < 4.78 is 9.19. The van der Waals surface area contributed by atoms with Crippen molar-refractivity contribution in [1.29, 1.82) is 0 Å². The number of carbonyl (C=O) groups is 1. The molecule has 168 valence electrons. The average Bonchev–Trinajstić information content (AvgIpc) is 3.61. The molecule has 0 spiro atoms. The number of amides is 1. The number of thiazole rings is 2. The maximum Gasteiger partial charge on any atom is 0.267 e. The average molecular weight is 486 g/mol. The van der Waals surface area contributed by atoms with Crippen molar-refractivity contribution in [3.8, 4) is 28.3 Å². The second-order valence-corrected chi connectivity index (χ2v) is 9.63. The first-order chi connectivity index (χ1) is 16.6. The summed E-state index contributed by atoms with van der Waals surface area (Å²) >= 11 is 2.97. The molecule has 0 fully saturated rings. The second kappa shape index (κ2) is 8.12. The van der Waals surface area contributed by atoms with Crippen molar-refractivity contribution >= 4 is 44.2 Å². The molecule has 1 amide bonds. The molecule has 0 aliphatic heterocycles. The molecule has 9 heteroatoms. The van der Waals surface area contributed by atoms with Gasteiger partial charge in [-0.05, 0) is 43.3 Å². The Balaban J connectivity index is 1.25. The number of anilines is 1. The third-order valence-electron chi connectivity index (χ3n) is 5.66. The lowest BCUT2D eigenvalue weighted by Crippen LogP contribution is -2.11. The number of methoxy groups -OCH3 is 1. The Hall–Kier alpha value is -3.95. The number of nitrogens with one attached hydrogen (secondary N) is 1. The Bertz CT molecular complexity index is 1630. The van der Waals surface area contributed by atoms with Crippen LogP contribution in [0.4, 0.5) is 5.69 Å². The smallest absolute Gasteiger partial charge is 0.267 e. The number of aryl methyl sites for hydroxylation is 1. The zero-order valence-corrected chi connectivity index (χ0v) is 20.0. The van der Waals surface area contributed by atoms with Gasteiger partial charge in [-0.15, -0.1) is 11.3 Å². The Morgan fingerprint density at radius 1 is 1.00 bits per heavy atom. The van der Waals surface area contributed by atoms with Crippen molar-refractivity contribution in [2.75, 3.05) is 12.4 Å². The molecule has 6 aromatic rings. The minimum atomic E-state index is -0.151. The van der Waals surface area contributed by atoms with Crippen molar-refractivity contribution in [3.63, 3.8) is 0 Å². The summed E-state index contributed by atoms with van der Waals surface area (Å²) in [5.74, 6) is 0.652. The molecule has 1 N–H and O–H groups in total. The van der Waals surface area contributed by atoms with Crippen LogP contribution < -0.4 is 10.1 Å². The van der Waals surface area contributed by atoms with Gasteiger partial charge < -0.3 is 10.1 Å². The molecule has 0 aliphatic carbocycles. The van der Waals surface area contributed by atoms with Gasteiger partial charge in [-0.3, -0.25) is 13.6 Å². The van der Waals surface area contributed by atoms with Crippen LogP contribution in [-0.2, 0) is 0 Å². The Morgan fingerprint density at radius 3 is 2.56 bits per heavy atom. The van der Waals surface area contributed by atoms with Crippen molar-refractivity contribution in [1.82, 2.24) is 18.8 Å². The molecule has 6 rings (SSSR count). The van der Waals surface area contributed by atoms with Crippen LogP contribution in [0.15, 0.2) is 72.5 Å². The van der Waals surface area contributed by atoms with Crippen LogP contribution in [-0.4, -0.2) is 31.8 Å². The van der Waals surface area contributed by atoms with Crippen molar-refractivity contribution < 1.29 is 9.53 Å². The Morgan fingerprint density at radius 2 is 1.79 bits per heavy atom. The fourth-order valence-corrected chi connectivity index (χ4v) is 5.58. The second-order valence-electron chi connectivity index (χ2n) is 7.78. The SMILES string of the molecule is COc1ccc(-c2cn3c(C)c(C(=O)Nc4cccc(-c5cn6ccsc6n5)c4)sc3n2)cc1. The van der Waals surface area contributed by atoms with Crippen LogP contribution in [0, 0.1) is 6.92 Å². The number of hydrogen-bond acceptors (Lipinski definition) is 6. The zero-order chi connectivity index (χ0) is 23.2. The van der Waals surface area contributed by atoms with Gasteiger partial charge in [0.2, 0.25) is 0 Å². The van der Waals surface area contributed by atoms with E-state index in [0.717, 1.165) is 49.6 Å². The molecule has 4 heterocycles. The summed E-state index contributed by atoms with van der Waals surface area (Å²) in [6.07, 6.45) is 5.94. The number of hydrogen-bond donors (Lipinski definition) is 1. The fourth-order valence-electron chi connectivity index (χ4n) is 3.87. The minimum absolute atomic E-state index is 0.151. The van der Waals surface area contributed by atoms with E-state index in [4.69, 9.17) is 9.72 Å². The van der Waals surface area contributed by atoms with Crippen molar-refractivity contribution in [2.24, 2.45) is 0 Å². The van der Waals surface area contributed by atoms with E-state index < -0.39 is 0 Å². The normalized spacial score (nSPS) is 11.4. The first-order valence-electron chi connectivity index (χ1n) is 10.6. The lowest BCUT2D eigenvalue weighted by molar-refractivity contribution is 0.102. The van der Waals surface area contributed by atoms with Gasteiger partial charge in [-0.2, -0.15) is 0 Å². The van der Waals surface area contributed by atoms with Gasteiger partial charge in [-0.25, -0.2) is 9.97 Å². The van der Waals surface area contributed by atoms with E-state index in [9.17, 15) is 4.79 Å². The van der Waals surface area contributed by atoms with E-state index in [1.165, 1.54) is 11.3 Å². The van der Waals surface area contributed by atoms with Gasteiger partial charge in [0, 0.05) is 46.5 Å². The van der Waals surface area contributed by atoms with Crippen LogP contribution in [0.5, 0.6) is 5.75 Å². The monoisotopic (exact) mass is 485 g/mol. The lowest BCUT2D eigenvalue weighted by atomic mass is 10.1. The fraction of sp³-hybridized carbons (Fsp3) is 0.0800. The Kier molecular flexibility index (Phi) is 4.93. The molecule has 7 nitrogen and oxygen atoms in total. The van der Waals surface area contributed by atoms with Gasteiger partial charge in [0.15, 0.2) is 9.92 Å². The first kappa shape index (κ1) is 20.6. The number of fused-ring (bicyclic) bond motifs is 2. The molecule has 0 saturated heterocycles. The molecule has 0 saturated carbocycles. The summed E-state index contributed by atoms with van der Waals surface area (Å²) in [4.78, 5) is 24.8. The maximum absolute atomic E-state index is 13.1. The van der Waals surface area contributed by atoms with E-state index in [2.05, 4.69) is 10.3 Å². The summed E-state index contributed by atoms with van der Waals surface area (Å²) in [6, 6.07) is 15.5. The summed E-state index contributed by atoms with van der Waals surface area (Å²) in [7, 11) is 1.65. The van der Waals surface area contributed by atoms with Crippen LogP contribution in [0.3, 0.4) is 0 Å². The van der Waals surface area contributed by atoms with Crippen LogP contribution in [0.1, 0.15) is 15.4 Å². The number of ether oxygens (including phenoxy) is 1. The Labute approximate surface area is 202 Å². The summed E-state index contributed by atoms with van der Waals surface area (Å²) in [6.45, 7) is 1.94. The van der Waals surface area contributed by atoms with E-state index in [1.807, 2.05) is 88.2 Å². The predicted octanol–water partition coefficient (Wildman–Crippen LogP) is 6.01. The highest BCUT2D eigenvalue weighted by Gasteiger charge is 2.19. The number of carbonyl (C=O) groups excluding carboxylic acids is 1. The first-order valence-corrected chi connectivity index (χ1v) is 12.3. The minimum Gasteiger partial charge on any atom is -0.497 e. The van der Waals surface area contributed by atoms with Gasteiger partial charge >= 0.3 is 0 Å². The molecule has 0 unspecified atom stereocenters. The number of aromatic nitrogens is 4. The van der Waals surface area contributed by atoms with Gasteiger partial charge in [0.05, 0.1) is 18.5 Å². The lowest BCUT2D eigenvalue weighted by Gasteiger charge is -2.06. The zero-order valence-electron chi connectivity index (χ0n) is 18.4. The van der Waals surface area contributed by atoms with Crippen molar-refractivity contribution in [2.45, 2.75) is 6.92 Å². The predicted molar refractivity (Wildman–Crippen MR) is 136 cm³/mol. The topological polar surface area (TPSA) is 72.9 Å². The summed E-state index contributed by atoms with van der Waals surface area (Å²) in [5.41, 5.74) is 5.27. The standard InChI is InChI=1S/C25H19N5O2S2/c1-15-22(34-25-28-21(14-30(15)25)16-6-8-19(32-2)9-7-16)23(31)26-18-5-3-4-17(12-18)20-13-29-10-11-33-24(29)27-20/h3-14H,1-2H3,(H,26,31). The molecule has 0 atom stereocenters. The molecular weight excluding hydrogens is 466 g/mol. The molecule has 34 heavy (non-hydrogen) atoms. The molecular formula is C25H19N5O2S2. The molecule has 4 aromatic heterocycles. The third-order valence-corrected chi connectivity index (χ3v) is 7.58. The highest BCUT2D eigenvalue weighted by atomic mass is 32.1. The highest BCUT2D eigenvalue weighted by molar-refractivity contribution is 7.19. The maximum atomic E-state index is 13.1. The third kappa shape index (κ3) is 3.55. The van der Waals surface area contributed by atoms with Crippen LogP contribution in [0.2, 0.25) is 0 Å².